The van der Waals surface area contributed by atoms with E-state index in [2.05, 4.69) is 32.3 Å². The zero-order chi connectivity index (χ0) is 21.4. The van der Waals surface area contributed by atoms with E-state index in [1.807, 2.05) is 23.6 Å². The molecule has 4 N–H and O–H groups in total. The number of aryl methyl sites for hydroxylation is 2. The summed E-state index contributed by atoms with van der Waals surface area (Å²) in [6, 6.07) is -0.0570. The van der Waals surface area contributed by atoms with E-state index in [0.29, 0.717) is 47.6 Å². The number of ether oxygens (including phenoxy) is 1. The van der Waals surface area contributed by atoms with Gasteiger partial charge in [0.1, 0.15) is 5.69 Å². The van der Waals surface area contributed by atoms with Crippen LogP contribution < -0.4 is 26.0 Å². The minimum atomic E-state index is -0.351. The van der Waals surface area contributed by atoms with Gasteiger partial charge in [-0.3, -0.25) is 9.48 Å². The lowest BCUT2D eigenvalue weighted by atomic mass is 10.2. The lowest BCUT2D eigenvalue weighted by molar-refractivity contribution is -0.118. The maximum absolute atomic E-state index is 11.8. The Morgan fingerprint density at radius 3 is 2.90 bits per heavy atom. The lowest BCUT2D eigenvalue weighted by Gasteiger charge is -2.18. The number of hydrogen-bond donors (Lipinski definition) is 3. The van der Waals surface area contributed by atoms with Crippen molar-refractivity contribution in [3.63, 3.8) is 0 Å². The number of carbonyl (C=O) groups is 1. The van der Waals surface area contributed by atoms with Crippen molar-refractivity contribution in [2.75, 3.05) is 30.4 Å². The molecule has 0 spiro atoms. The molecule has 0 aromatic carbocycles. The minimum Gasteiger partial charge on any atom is -0.478 e. The van der Waals surface area contributed by atoms with Crippen LogP contribution in [0.1, 0.15) is 6.42 Å². The summed E-state index contributed by atoms with van der Waals surface area (Å²) in [6.45, 7) is 4.73. The van der Waals surface area contributed by atoms with Gasteiger partial charge in [-0.05, 0) is 6.42 Å². The number of amides is 1. The average Bonchev–Trinajstić information content (AvgIpc) is 3.41. The van der Waals surface area contributed by atoms with Crippen LogP contribution in [0.2, 0.25) is 0 Å². The molecular weight excluding hydrogens is 388 g/mol. The van der Waals surface area contributed by atoms with E-state index in [9.17, 15) is 4.79 Å². The maximum Gasteiger partial charge on any atom is 0.266 e. The van der Waals surface area contributed by atoms with E-state index in [-0.39, 0.29) is 17.6 Å². The Morgan fingerprint density at radius 2 is 2.17 bits per heavy atom. The van der Waals surface area contributed by atoms with Crippen molar-refractivity contribution >= 4 is 34.5 Å². The molecule has 1 saturated heterocycles. The van der Waals surface area contributed by atoms with Crippen LogP contribution in [0, 0.1) is 0 Å². The Kier molecular flexibility index (Phi) is 4.90. The summed E-state index contributed by atoms with van der Waals surface area (Å²) in [5.41, 5.74) is 7.46. The van der Waals surface area contributed by atoms with Gasteiger partial charge >= 0.3 is 0 Å². The molecule has 12 nitrogen and oxygen atoms in total. The Morgan fingerprint density at radius 1 is 1.37 bits per heavy atom. The molecule has 4 rings (SSSR count). The first-order valence-corrected chi connectivity index (χ1v) is 9.39. The molecule has 3 aromatic heterocycles. The number of fused-ring (bicyclic) bond motifs is 1. The molecule has 0 radical (unpaired) electrons. The first-order valence-electron chi connectivity index (χ1n) is 9.39. The third-order valence-corrected chi connectivity index (χ3v) is 4.89. The number of nitrogens with two attached hydrogens (primary N) is 1. The Hall–Kier alpha value is -3.83. The highest BCUT2D eigenvalue weighted by atomic mass is 16.5. The van der Waals surface area contributed by atoms with Crippen LogP contribution in [0.4, 0.5) is 17.5 Å². The molecule has 1 aliphatic rings. The molecule has 1 fully saturated rings. The fourth-order valence-corrected chi connectivity index (χ4v) is 3.39. The maximum atomic E-state index is 11.8. The van der Waals surface area contributed by atoms with Gasteiger partial charge < -0.3 is 30.6 Å². The van der Waals surface area contributed by atoms with Gasteiger partial charge in [-0.2, -0.15) is 9.97 Å². The lowest BCUT2D eigenvalue weighted by Crippen LogP contribution is -2.39. The van der Waals surface area contributed by atoms with Gasteiger partial charge in [0, 0.05) is 33.2 Å². The topological polar surface area (TPSA) is 141 Å². The highest BCUT2D eigenvalue weighted by molar-refractivity contribution is 5.92. The molecule has 0 bridgehead atoms. The van der Waals surface area contributed by atoms with E-state index in [1.54, 1.807) is 24.3 Å². The van der Waals surface area contributed by atoms with Crippen molar-refractivity contribution in [2.24, 2.45) is 19.8 Å². The number of nitrogens with one attached hydrogen (secondary N) is 2. The van der Waals surface area contributed by atoms with Gasteiger partial charge in [0.05, 0.1) is 25.3 Å². The highest BCUT2D eigenvalue weighted by Gasteiger charge is 2.27. The SMILES string of the molecule is C=C(N)C(=O)NC1CCN(c2nc(Nc3cn(C)nc3OC)c3ncn(C)c3n2)C1. The van der Waals surface area contributed by atoms with Crippen molar-refractivity contribution in [3.05, 3.63) is 24.8 Å². The van der Waals surface area contributed by atoms with Gasteiger partial charge in [0.25, 0.3) is 11.8 Å². The molecule has 1 unspecified atom stereocenters. The molecule has 1 aliphatic heterocycles. The van der Waals surface area contributed by atoms with Crippen LogP contribution in [0.3, 0.4) is 0 Å². The number of carbonyl (C=O) groups excluding carboxylic acids is 1. The first-order chi connectivity index (χ1) is 14.4. The van der Waals surface area contributed by atoms with E-state index in [4.69, 9.17) is 15.5 Å². The fourth-order valence-electron chi connectivity index (χ4n) is 3.39. The summed E-state index contributed by atoms with van der Waals surface area (Å²) in [4.78, 5) is 27.7. The summed E-state index contributed by atoms with van der Waals surface area (Å²) in [6.07, 6.45) is 4.25. The largest absolute Gasteiger partial charge is 0.478 e. The zero-order valence-corrected chi connectivity index (χ0v) is 17.1. The van der Waals surface area contributed by atoms with E-state index < -0.39 is 0 Å². The van der Waals surface area contributed by atoms with Crippen LogP contribution in [0.15, 0.2) is 24.8 Å². The molecule has 0 aliphatic carbocycles. The summed E-state index contributed by atoms with van der Waals surface area (Å²) < 4.78 is 8.81. The summed E-state index contributed by atoms with van der Waals surface area (Å²) in [5, 5.41) is 10.4. The quantitative estimate of drug-likeness (QED) is 0.478. The van der Waals surface area contributed by atoms with Gasteiger partial charge in [-0.1, -0.05) is 6.58 Å². The minimum absolute atomic E-state index is 0.00194. The molecule has 4 heterocycles. The van der Waals surface area contributed by atoms with Crippen molar-refractivity contribution in [2.45, 2.75) is 12.5 Å². The van der Waals surface area contributed by atoms with Crippen LogP contribution in [0.25, 0.3) is 11.2 Å². The van der Waals surface area contributed by atoms with Crippen LogP contribution in [-0.4, -0.2) is 61.4 Å². The Balaban J connectivity index is 1.64. The van der Waals surface area contributed by atoms with E-state index in [0.717, 1.165) is 6.42 Å². The number of imidazole rings is 1. The number of nitrogens with zero attached hydrogens (tertiary/aromatic N) is 7. The molecule has 12 heteroatoms. The van der Waals surface area contributed by atoms with Gasteiger partial charge in [-0.25, -0.2) is 4.98 Å². The van der Waals surface area contributed by atoms with Crippen LogP contribution in [0.5, 0.6) is 5.88 Å². The molecule has 1 atom stereocenters. The first kappa shape index (κ1) is 19.5. The molecule has 1 amide bonds. The van der Waals surface area contributed by atoms with E-state index in [1.165, 1.54) is 0 Å². The van der Waals surface area contributed by atoms with Crippen molar-refractivity contribution in [1.29, 1.82) is 0 Å². The molecule has 3 aromatic rings. The summed E-state index contributed by atoms with van der Waals surface area (Å²) >= 11 is 0. The Bertz CT molecular complexity index is 1120. The average molecular weight is 412 g/mol. The van der Waals surface area contributed by atoms with Gasteiger partial charge in [0.2, 0.25) is 5.95 Å². The predicted octanol–water partition coefficient (Wildman–Crippen LogP) is 0.0163. The van der Waals surface area contributed by atoms with Crippen LogP contribution in [-0.2, 0) is 18.9 Å². The predicted molar refractivity (Wildman–Crippen MR) is 111 cm³/mol. The number of hydrogen-bond acceptors (Lipinski definition) is 9. The number of methoxy groups -OCH3 is 1. The number of aromatic nitrogens is 6. The highest BCUT2D eigenvalue weighted by Crippen LogP contribution is 2.30. The van der Waals surface area contributed by atoms with Crippen molar-refractivity contribution in [1.82, 2.24) is 34.6 Å². The van der Waals surface area contributed by atoms with Gasteiger partial charge in [0.15, 0.2) is 17.0 Å². The second-order valence-corrected chi connectivity index (χ2v) is 7.18. The van der Waals surface area contributed by atoms with Crippen LogP contribution >= 0.6 is 0 Å². The zero-order valence-electron chi connectivity index (χ0n) is 17.1. The third kappa shape index (κ3) is 3.58. The molecule has 158 valence electrons. The standard InChI is InChI=1S/C18H24N10O2/c1-10(19)16(29)21-11-5-6-28(7-11)18-23-14(13-15(24-18)26(2)9-20-13)22-12-8-27(3)25-17(12)30-4/h8-9,11H,1,5-7,19H2,2-4H3,(H,21,29)(H,22,23,24). The molecular formula is C18H24N10O2. The number of anilines is 3. The second kappa shape index (κ2) is 7.54. The van der Waals surface area contributed by atoms with Crippen molar-refractivity contribution in [3.8, 4) is 5.88 Å². The molecule has 0 saturated carbocycles. The summed E-state index contributed by atoms with van der Waals surface area (Å²) in [5.74, 6) is 1.19. The monoisotopic (exact) mass is 412 g/mol. The third-order valence-electron chi connectivity index (χ3n) is 4.89. The smallest absolute Gasteiger partial charge is 0.266 e. The molecule has 30 heavy (non-hydrogen) atoms. The van der Waals surface area contributed by atoms with Gasteiger partial charge in [-0.15, -0.1) is 5.10 Å². The van der Waals surface area contributed by atoms with Crippen molar-refractivity contribution < 1.29 is 9.53 Å². The normalized spacial score (nSPS) is 16.1. The van der Waals surface area contributed by atoms with E-state index >= 15 is 0 Å². The fraction of sp³-hybridized carbons (Fsp3) is 0.389. The second-order valence-electron chi connectivity index (χ2n) is 7.18. The summed E-state index contributed by atoms with van der Waals surface area (Å²) in [7, 11) is 5.24. The number of rotatable bonds is 6. The Labute approximate surface area is 172 Å².